The fourth-order valence-electron chi connectivity index (χ4n) is 1.82. The molecule has 1 aromatic heterocycles. The number of fused-ring (bicyclic) bond motifs is 1. The SMILES string of the molecule is COC(=O)CCC(N)c1ccc2[nH]c(=O)[nH]c2c1. The molecule has 0 aliphatic carbocycles. The Kier molecular flexibility index (Phi) is 3.47. The zero-order valence-electron chi connectivity index (χ0n) is 10.0. The first kappa shape index (κ1) is 12.4. The van der Waals surface area contributed by atoms with Gasteiger partial charge in [-0.3, -0.25) is 4.79 Å². The van der Waals surface area contributed by atoms with Gasteiger partial charge in [-0.1, -0.05) is 6.07 Å². The van der Waals surface area contributed by atoms with Crippen LogP contribution in [-0.4, -0.2) is 23.0 Å². The van der Waals surface area contributed by atoms with Gasteiger partial charge in [0.1, 0.15) is 0 Å². The molecule has 2 aromatic rings. The lowest BCUT2D eigenvalue weighted by atomic mass is 10.0. The van der Waals surface area contributed by atoms with Gasteiger partial charge in [0.05, 0.1) is 18.1 Å². The van der Waals surface area contributed by atoms with Crippen molar-refractivity contribution >= 4 is 17.0 Å². The number of hydrogen-bond donors (Lipinski definition) is 3. The Balaban J connectivity index is 2.14. The van der Waals surface area contributed by atoms with Crippen LogP contribution in [0.3, 0.4) is 0 Å². The summed E-state index contributed by atoms with van der Waals surface area (Å²) >= 11 is 0. The standard InChI is InChI=1S/C12H15N3O3/c1-18-11(16)5-3-8(13)7-2-4-9-10(6-7)15-12(17)14-9/h2,4,6,8H,3,5,13H2,1H3,(H2,14,15,17). The van der Waals surface area contributed by atoms with Gasteiger partial charge in [0.2, 0.25) is 0 Å². The summed E-state index contributed by atoms with van der Waals surface area (Å²) in [6.45, 7) is 0. The van der Waals surface area contributed by atoms with Crippen LogP contribution in [0.2, 0.25) is 0 Å². The van der Waals surface area contributed by atoms with Crippen LogP contribution >= 0.6 is 0 Å². The molecule has 0 fully saturated rings. The lowest BCUT2D eigenvalue weighted by molar-refractivity contribution is -0.140. The lowest BCUT2D eigenvalue weighted by Gasteiger charge is -2.11. The molecule has 0 aliphatic heterocycles. The van der Waals surface area contributed by atoms with E-state index in [1.165, 1.54) is 7.11 Å². The third-order valence-corrected chi connectivity index (χ3v) is 2.86. The number of nitrogens with one attached hydrogen (secondary N) is 2. The molecule has 2 rings (SSSR count). The van der Waals surface area contributed by atoms with Crippen molar-refractivity contribution in [1.29, 1.82) is 0 Å². The van der Waals surface area contributed by atoms with Gasteiger partial charge >= 0.3 is 11.7 Å². The molecule has 1 heterocycles. The molecule has 18 heavy (non-hydrogen) atoms. The Hall–Kier alpha value is -2.08. The van der Waals surface area contributed by atoms with Gasteiger partial charge in [0, 0.05) is 12.5 Å². The van der Waals surface area contributed by atoms with Crippen LogP contribution in [0, 0.1) is 0 Å². The van der Waals surface area contributed by atoms with Crippen LogP contribution in [0.25, 0.3) is 11.0 Å². The number of hydrogen-bond acceptors (Lipinski definition) is 4. The van der Waals surface area contributed by atoms with Crippen LogP contribution in [0.4, 0.5) is 0 Å². The monoisotopic (exact) mass is 249 g/mol. The molecule has 0 saturated heterocycles. The Labute approximate surface area is 103 Å². The number of H-pyrrole nitrogens is 2. The van der Waals surface area contributed by atoms with E-state index in [1.54, 1.807) is 6.07 Å². The number of carbonyl (C=O) groups excluding carboxylic acids is 1. The Bertz CT molecular complexity index is 614. The molecular formula is C12H15N3O3. The summed E-state index contributed by atoms with van der Waals surface area (Å²) < 4.78 is 4.56. The highest BCUT2D eigenvalue weighted by molar-refractivity contribution is 5.75. The van der Waals surface area contributed by atoms with Crippen LogP contribution in [0.5, 0.6) is 0 Å². The average Bonchev–Trinajstić information content (AvgIpc) is 2.74. The molecule has 1 atom stereocenters. The van der Waals surface area contributed by atoms with Crippen LogP contribution in [0.1, 0.15) is 24.4 Å². The molecular weight excluding hydrogens is 234 g/mol. The normalized spacial score (nSPS) is 12.6. The Morgan fingerprint density at radius 3 is 2.83 bits per heavy atom. The molecule has 1 aromatic carbocycles. The molecule has 96 valence electrons. The molecule has 0 bridgehead atoms. The summed E-state index contributed by atoms with van der Waals surface area (Å²) in [7, 11) is 1.35. The van der Waals surface area contributed by atoms with Crippen LogP contribution in [0.15, 0.2) is 23.0 Å². The molecule has 0 saturated carbocycles. The lowest BCUT2D eigenvalue weighted by Crippen LogP contribution is -2.13. The largest absolute Gasteiger partial charge is 0.469 e. The number of aromatic nitrogens is 2. The molecule has 1 unspecified atom stereocenters. The van der Waals surface area contributed by atoms with Gasteiger partial charge in [0.25, 0.3) is 0 Å². The molecule has 6 nitrogen and oxygen atoms in total. The number of nitrogens with two attached hydrogens (primary N) is 1. The summed E-state index contributed by atoms with van der Waals surface area (Å²) in [6, 6.07) is 5.19. The van der Waals surface area contributed by atoms with Crippen molar-refractivity contribution in [2.45, 2.75) is 18.9 Å². The third-order valence-electron chi connectivity index (χ3n) is 2.86. The van der Waals surface area contributed by atoms with E-state index >= 15 is 0 Å². The highest BCUT2D eigenvalue weighted by Crippen LogP contribution is 2.19. The summed E-state index contributed by atoms with van der Waals surface area (Å²) in [4.78, 5) is 27.5. The Morgan fingerprint density at radius 2 is 2.11 bits per heavy atom. The fraction of sp³-hybridized carbons (Fsp3) is 0.333. The quantitative estimate of drug-likeness (QED) is 0.698. The van der Waals surface area contributed by atoms with Gasteiger partial charge in [-0.2, -0.15) is 0 Å². The van der Waals surface area contributed by atoms with Gasteiger partial charge in [-0.05, 0) is 24.1 Å². The van der Waals surface area contributed by atoms with E-state index < -0.39 is 0 Å². The van der Waals surface area contributed by atoms with E-state index in [-0.39, 0.29) is 24.1 Å². The number of rotatable bonds is 4. The van der Waals surface area contributed by atoms with Crippen molar-refractivity contribution in [3.8, 4) is 0 Å². The van der Waals surface area contributed by atoms with Crippen molar-refractivity contribution in [3.05, 3.63) is 34.2 Å². The van der Waals surface area contributed by atoms with E-state index in [0.717, 1.165) is 11.1 Å². The van der Waals surface area contributed by atoms with Gasteiger partial charge in [0.15, 0.2) is 0 Å². The number of benzene rings is 1. The van der Waals surface area contributed by atoms with E-state index in [9.17, 15) is 9.59 Å². The van der Waals surface area contributed by atoms with Gasteiger partial charge < -0.3 is 20.4 Å². The maximum atomic E-state index is 11.1. The maximum absolute atomic E-state index is 11.1. The first-order valence-electron chi connectivity index (χ1n) is 5.64. The van der Waals surface area contributed by atoms with Crippen LogP contribution in [-0.2, 0) is 9.53 Å². The second kappa shape index (κ2) is 5.05. The van der Waals surface area contributed by atoms with E-state index in [1.807, 2.05) is 12.1 Å². The van der Waals surface area contributed by atoms with E-state index in [2.05, 4.69) is 14.7 Å². The molecule has 6 heteroatoms. The first-order valence-corrected chi connectivity index (χ1v) is 5.64. The number of esters is 1. The summed E-state index contributed by atoms with van der Waals surface area (Å²) in [6.07, 6.45) is 0.784. The maximum Gasteiger partial charge on any atom is 0.323 e. The van der Waals surface area contributed by atoms with E-state index in [0.29, 0.717) is 11.9 Å². The molecule has 0 radical (unpaired) electrons. The van der Waals surface area contributed by atoms with Crippen LogP contribution < -0.4 is 11.4 Å². The minimum Gasteiger partial charge on any atom is -0.469 e. The minimum absolute atomic E-state index is 0.245. The van der Waals surface area contributed by atoms with Crippen molar-refractivity contribution in [2.24, 2.45) is 5.73 Å². The second-order valence-electron chi connectivity index (χ2n) is 4.11. The first-order chi connectivity index (χ1) is 8.60. The second-order valence-corrected chi connectivity index (χ2v) is 4.11. The number of methoxy groups -OCH3 is 1. The number of imidazole rings is 1. The zero-order valence-corrected chi connectivity index (χ0v) is 10.0. The topological polar surface area (TPSA) is 101 Å². The summed E-state index contributed by atoms with van der Waals surface area (Å²) in [5.74, 6) is -0.276. The van der Waals surface area contributed by atoms with Gasteiger partial charge in [-0.25, -0.2) is 4.79 Å². The van der Waals surface area contributed by atoms with Crippen molar-refractivity contribution in [1.82, 2.24) is 9.97 Å². The third kappa shape index (κ3) is 2.60. The van der Waals surface area contributed by atoms with Gasteiger partial charge in [-0.15, -0.1) is 0 Å². The number of ether oxygens (including phenoxy) is 1. The van der Waals surface area contributed by atoms with Crippen molar-refractivity contribution < 1.29 is 9.53 Å². The average molecular weight is 249 g/mol. The molecule has 0 spiro atoms. The fourth-order valence-corrected chi connectivity index (χ4v) is 1.82. The van der Waals surface area contributed by atoms with E-state index in [4.69, 9.17) is 5.73 Å². The zero-order chi connectivity index (χ0) is 13.1. The smallest absolute Gasteiger partial charge is 0.323 e. The predicted molar refractivity (Wildman–Crippen MR) is 67.1 cm³/mol. The summed E-state index contributed by atoms with van der Waals surface area (Å²) in [5.41, 5.74) is 8.07. The predicted octanol–water partition coefficient (Wildman–Crippen LogP) is 0.809. The molecule has 4 N–H and O–H groups in total. The molecule has 0 amide bonds. The highest BCUT2D eigenvalue weighted by atomic mass is 16.5. The van der Waals surface area contributed by atoms with Crippen molar-refractivity contribution in [3.63, 3.8) is 0 Å². The Morgan fingerprint density at radius 1 is 1.39 bits per heavy atom. The summed E-state index contributed by atoms with van der Waals surface area (Å²) in [5, 5.41) is 0. The molecule has 0 aliphatic rings. The minimum atomic E-state index is -0.276. The highest BCUT2D eigenvalue weighted by Gasteiger charge is 2.10. The number of carbonyl (C=O) groups is 1. The number of aromatic amines is 2. The van der Waals surface area contributed by atoms with Crippen molar-refractivity contribution in [2.75, 3.05) is 7.11 Å².